The van der Waals surface area contributed by atoms with Crippen LogP contribution in [0.4, 0.5) is 0 Å². The Labute approximate surface area is 185 Å². The first-order chi connectivity index (χ1) is 15.5. The summed E-state index contributed by atoms with van der Waals surface area (Å²) in [5, 5.41) is 0. The Morgan fingerprint density at radius 1 is 1.19 bits per heavy atom. The molecule has 32 heavy (non-hydrogen) atoms. The summed E-state index contributed by atoms with van der Waals surface area (Å²) < 4.78 is 11.2. The highest BCUT2D eigenvalue weighted by Crippen LogP contribution is 2.33. The van der Waals surface area contributed by atoms with Crippen LogP contribution >= 0.6 is 0 Å². The van der Waals surface area contributed by atoms with Crippen molar-refractivity contribution in [2.24, 2.45) is 0 Å². The van der Waals surface area contributed by atoms with Crippen LogP contribution in [0.5, 0.6) is 11.5 Å². The largest absolute Gasteiger partial charge is 0.486 e. The molecule has 0 saturated carbocycles. The molecule has 0 bridgehead atoms. The van der Waals surface area contributed by atoms with Gasteiger partial charge >= 0.3 is 0 Å². The average molecular weight is 438 g/mol. The van der Waals surface area contributed by atoms with Crippen molar-refractivity contribution in [3.63, 3.8) is 0 Å². The Balaban J connectivity index is 1.36. The maximum absolute atomic E-state index is 13.2. The fraction of sp³-hybridized carbons (Fsp3) is 0.478. The van der Waals surface area contributed by atoms with E-state index in [1.807, 2.05) is 18.2 Å². The fourth-order valence-electron chi connectivity index (χ4n) is 4.71. The van der Waals surface area contributed by atoms with Gasteiger partial charge in [-0.05, 0) is 37.0 Å². The van der Waals surface area contributed by atoms with Gasteiger partial charge in [-0.2, -0.15) is 0 Å². The van der Waals surface area contributed by atoms with Crippen LogP contribution in [0.2, 0.25) is 0 Å². The summed E-state index contributed by atoms with van der Waals surface area (Å²) in [4.78, 5) is 48.7. The average Bonchev–Trinajstić information content (AvgIpc) is 3.29. The topological polar surface area (TPSA) is 105 Å². The summed E-state index contributed by atoms with van der Waals surface area (Å²) in [5.41, 5.74) is 1.96. The summed E-state index contributed by atoms with van der Waals surface area (Å²) in [7, 11) is 0. The van der Waals surface area contributed by atoms with E-state index in [4.69, 9.17) is 14.5 Å². The van der Waals surface area contributed by atoms with Crippen molar-refractivity contribution >= 4 is 11.8 Å². The van der Waals surface area contributed by atoms with Crippen molar-refractivity contribution in [2.45, 2.75) is 45.2 Å². The second-order valence-corrected chi connectivity index (χ2v) is 8.47. The highest BCUT2D eigenvalue weighted by molar-refractivity contribution is 5.79. The van der Waals surface area contributed by atoms with E-state index in [1.54, 1.807) is 9.80 Å². The monoisotopic (exact) mass is 438 g/mol. The molecule has 9 nitrogen and oxygen atoms in total. The van der Waals surface area contributed by atoms with Crippen molar-refractivity contribution in [3.8, 4) is 11.5 Å². The Morgan fingerprint density at radius 3 is 2.81 bits per heavy atom. The van der Waals surface area contributed by atoms with Crippen molar-refractivity contribution in [3.05, 3.63) is 51.2 Å². The number of ether oxygens (including phenoxy) is 2. The molecule has 1 aromatic heterocycles. The predicted molar refractivity (Wildman–Crippen MR) is 114 cm³/mol. The number of amides is 2. The molecule has 0 spiro atoms. The minimum absolute atomic E-state index is 0.0186. The molecule has 4 heterocycles. The highest BCUT2D eigenvalue weighted by Gasteiger charge is 2.33. The quantitative estimate of drug-likeness (QED) is 0.776. The number of H-pyrrole nitrogens is 1. The molecular weight excluding hydrogens is 412 g/mol. The highest BCUT2D eigenvalue weighted by atomic mass is 16.6. The maximum atomic E-state index is 13.2. The second-order valence-electron chi connectivity index (χ2n) is 8.47. The van der Waals surface area contributed by atoms with E-state index in [-0.39, 0.29) is 29.8 Å². The smallest absolute Gasteiger partial charge is 0.254 e. The predicted octanol–water partition coefficient (Wildman–Crippen LogP) is 1.35. The number of carbonyl (C=O) groups excluding carboxylic acids is 2. The van der Waals surface area contributed by atoms with E-state index in [0.29, 0.717) is 67.8 Å². The number of nitrogens with zero attached hydrogens (tertiary/aromatic N) is 3. The summed E-state index contributed by atoms with van der Waals surface area (Å²) in [5.74, 6) is 1.82. The molecular formula is C23H26N4O5. The Morgan fingerprint density at radius 2 is 2.00 bits per heavy atom. The molecule has 3 aliphatic heterocycles. The summed E-state index contributed by atoms with van der Waals surface area (Å²) in [6.45, 7) is 4.02. The van der Waals surface area contributed by atoms with Crippen LogP contribution in [0, 0.1) is 0 Å². The first-order valence-electron chi connectivity index (χ1n) is 11.0. The Kier molecular flexibility index (Phi) is 5.32. The van der Waals surface area contributed by atoms with Crippen LogP contribution in [0.1, 0.15) is 48.5 Å². The molecule has 2 amide bonds. The number of fused-ring (bicyclic) bond motifs is 2. The summed E-state index contributed by atoms with van der Waals surface area (Å²) in [6, 6.07) is 5.30. The van der Waals surface area contributed by atoms with E-state index in [2.05, 4.69) is 4.98 Å². The number of benzene rings is 1. The number of likely N-dealkylation sites (tertiary alicyclic amines) is 1. The van der Waals surface area contributed by atoms with Crippen molar-refractivity contribution in [1.82, 2.24) is 19.8 Å². The van der Waals surface area contributed by atoms with Crippen LogP contribution in [0.3, 0.4) is 0 Å². The number of hydrogen-bond acceptors (Lipinski definition) is 6. The van der Waals surface area contributed by atoms with Gasteiger partial charge in [0.2, 0.25) is 11.8 Å². The number of hydrogen-bond donors (Lipinski definition) is 1. The van der Waals surface area contributed by atoms with E-state index < -0.39 is 0 Å². The molecule has 1 atom stereocenters. The van der Waals surface area contributed by atoms with Crippen LogP contribution in [0.25, 0.3) is 0 Å². The van der Waals surface area contributed by atoms with Gasteiger partial charge in [0.15, 0.2) is 11.5 Å². The molecule has 2 aromatic rings. The van der Waals surface area contributed by atoms with Gasteiger partial charge in [0.1, 0.15) is 19.0 Å². The standard InChI is InChI=1S/C23H26N4O5/c1-14(28)26-8-6-16-17(13-26)24-22(25-23(16)30)18-3-2-7-27(18)21(29)12-15-4-5-19-20(11-15)32-10-9-31-19/h4-5,11,18H,2-3,6-10,12-13H2,1H3,(H,24,25,30)/t18-/m0/s1. The second kappa shape index (κ2) is 8.29. The molecule has 1 fully saturated rings. The molecule has 0 unspecified atom stereocenters. The van der Waals surface area contributed by atoms with E-state index in [0.717, 1.165) is 18.4 Å². The molecule has 9 heteroatoms. The van der Waals surface area contributed by atoms with Gasteiger partial charge < -0.3 is 24.3 Å². The molecule has 1 N–H and O–H groups in total. The summed E-state index contributed by atoms with van der Waals surface area (Å²) in [6.07, 6.45) is 2.32. The van der Waals surface area contributed by atoms with Crippen molar-refractivity contribution in [2.75, 3.05) is 26.3 Å². The van der Waals surface area contributed by atoms with Gasteiger partial charge in [-0.15, -0.1) is 0 Å². The number of aromatic amines is 1. The van der Waals surface area contributed by atoms with Crippen LogP contribution in [-0.4, -0.2) is 57.9 Å². The first-order valence-corrected chi connectivity index (χ1v) is 11.0. The number of carbonyl (C=O) groups is 2. The lowest BCUT2D eigenvalue weighted by Crippen LogP contribution is -2.39. The van der Waals surface area contributed by atoms with Crippen LogP contribution in [-0.2, 0) is 29.0 Å². The lowest BCUT2D eigenvalue weighted by molar-refractivity contribution is -0.131. The van der Waals surface area contributed by atoms with Gasteiger partial charge in [0.05, 0.1) is 24.7 Å². The van der Waals surface area contributed by atoms with Gasteiger partial charge in [0, 0.05) is 25.6 Å². The number of aromatic nitrogens is 2. The molecule has 168 valence electrons. The van der Waals surface area contributed by atoms with Crippen molar-refractivity contribution in [1.29, 1.82) is 0 Å². The zero-order valence-electron chi connectivity index (χ0n) is 18.1. The Bertz CT molecular complexity index is 1130. The van der Waals surface area contributed by atoms with E-state index >= 15 is 0 Å². The molecule has 5 rings (SSSR count). The summed E-state index contributed by atoms with van der Waals surface area (Å²) >= 11 is 0. The normalized spacial score (nSPS) is 19.6. The first kappa shape index (κ1) is 20.5. The van der Waals surface area contributed by atoms with Gasteiger partial charge in [0.25, 0.3) is 5.56 Å². The van der Waals surface area contributed by atoms with Gasteiger partial charge in [-0.25, -0.2) is 4.98 Å². The Hall–Kier alpha value is -3.36. The molecule has 1 aromatic carbocycles. The third-order valence-corrected chi connectivity index (χ3v) is 6.39. The third kappa shape index (κ3) is 3.83. The lowest BCUT2D eigenvalue weighted by Gasteiger charge is -2.29. The minimum Gasteiger partial charge on any atom is -0.486 e. The molecule has 1 saturated heterocycles. The SMILES string of the molecule is CC(=O)N1CCc2c(nc([C@@H]3CCCN3C(=O)Cc3ccc4c(c3)OCCO4)[nH]c2=O)C1. The van der Waals surface area contributed by atoms with E-state index in [1.165, 1.54) is 6.92 Å². The van der Waals surface area contributed by atoms with Crippen LogP contribution in [0.15, 0.2) is 23.0 Å². The molecule has 0 aliphatic carbocycles. The molecule has 0 radical (unpaired) electrons. The zero-order chi connectivity index (χ0) is 22.2. The van der Waals surface area contributed by atoms with Gasteiger partial charge in [-0.1, -0.05) is 6.07 Å². The van der Waals surface area contributed by atoms with Crippen molar-refractivity contribution < 1.29 is 19.1 Å². The number of rotatable bonds is 3. The molecule has 3 aliphatic rings. The zero-order valence-corrected chi connectivity index (χ0v) is 18.1. The fourth-order valence-corrected chi connectivity index (χ4v) is 4.71. The van der Waals surface area contributed by atoms with E-state index in [9.17, 15) is 14.4 Å². The minimum atomic E-state index is -0.273. The number of nitrogens with one attached hydrogen (secondary N) is 1. The lowest BCUT2D eigenvalue weighted by atomic mass is 10.1. The maximum Gasteiger partial charge on any atom is 0.254 e. The van der Waals surface area contributed by atoms with Crippen LogP contribution < -0.4 is 15.0 Å². The third-order valence-electron chi connectivity index (χ3n) is 6.39. The van der Waals surface area contributed by atoms with Gasteiger partial charge in [-0.3, -0.25) is 14.4 Å².